The van der Waals surface area contributed by atoms with Gasteiger partial charge in [-0.05, 0) is 93.2 Å². The molecule has 5 rings (SSSR count). The molecule has 1 aliphatic heterocycles. The summed E-state index contributed by atoms with van der Waals surface area (Å²) in [6.07, 6.45) is 9.29. The molecule has 1 atom stereocenters. The Kier molecular flexibility index (Phi) is 10.5. The normalized spacial score (nSPS) is 18.6. The number of aryl methyl sites for hydroxylation is 1. The van der Waals surface area contributed by atoms with Gasteiger partial charge in [-0.25, -0.2) is 4.79 Å². The minimum atomic E-state index is -0.621. The zero-order valence-electron chi connectivity index (χ0n) is 27.6. The summed E-state index contributed by atoms with van der Waals surface area (Å²) >= 11 is 0. The number of fused-ring (bicyclic) bond motifs is 1. The van der Waals surface area contributed by atoms with Crippen molar-refractivity contribution in [3.63, 3.8) is 0 Å². The lowest BCUT2D eigenvalue weighted by atomic mass is 9.82. The van der Waals surface area contributed by atoms with Gasteiger partial charge in [0.1, 0.15) is 24.1 Å². The molecule has 1 unspecified atom stereocenters. The third-order valence-electron chi connectivity index (χ3n) is 9.17. The molecule has 1 saturated heterocycles. The van der Waals surface area contributed by atoms with Crippen molar-refractivity contribution in [1.82, 2.24) is 0 Å². The molecule has 3 aromatic rings. The first-order valence-electron chi connectivity index (χ1n) is 16.8. The molecule has 45 heavy (non-hydrogen) atoms. The first kappa shape index (κ1) is 32.6. The second-order valence-electron chi connectivity index (χ2n) is 14.2. The largest absolute Gasteiger partial charge is 0.461 e. The number of carbonyl (C=O) groups is 2. The minimum absolute atomic E-state index is 0.0915. The van der Waals surface area contributed by atoms with Gasteiger partial charge in [-0.3, -0.25) is 4.79 Å². The fourth-order valence-electron chi connectivity index (χ4n) is 6.99. The molecule has 5 nitrogen and oxygen atoms in total. The zero-order valence-corrected chi connectivity index (χ0v) is 27.6. The number of carbonyl (C=O) groups excluding carboxylic acids is 2. The highest BCUT2D eigenvalue weighted by Crippen LogP contribution is 2.43. The second-order valence-corrected chi connectivity index (χ2v) is 14.2. The number of benzene rings is 2. The van der Waals surface area contributed by atoms with Gasteiger partial charge in [0.15, 0.2) is 0 Å². The predicted molar refractivity (Wildman–Crippen MR) is 179 cm³/mol. The van der Waals surface area contributed by atoms with Gasteiger partial charge < -0.3 is 13.9 Å². The summed E-state index contributed by atoms with van der Waals surface area (Å²) < 4.78 is 17.7. The lowest BCUT2D eigenvalue weighted by molar-refractivity contribution is -0.161. The Hall–Kier alpha value is -3.78. The number of esters is 2. The third-order valence-corrected chi connectivity index (χ3v) is 9.17. The van der Waals surface area contributed by atoms with Crippen LogP contribution in [0, 0.1) is 41.9 Å². The number of furan rings is 1. The van der Waals surface area contributed by atoms with Crippen molar-refractivity contribution in [2.45, 2.75) is 98.5 Å². The second kappa shape index (κ2) is 14.5. The maximum Gasteiger partial charge on any atom is 0.334 e. The Labute approximate surface area is 268 Å². The number of hydrogen-bond donors (Lipinski definition) is 0. The van der Waals surface area contributed by atoms with Gasteiger partial charge >= 0.3 is 11.9 Å². The van der Waals surface area contributed by atoms with E-state index in [0.717, 1.165) is 72.8 Å². The van der Waals surface area contributed by atoms with Crippen molar-refractivity contribution < 1.29 is 23.5 Å². The lowest BCUT2D eigenvalue weighted by Gasteiger charge is -2.26. The van der Waals surface area contributed by atoms with Crippen LogP contribution in [0.5, 0.6) is 0 Å². The van der Waals surface area contributed by atoms with E-state index in [1.54, 1.807) is 0 Å². The Bertz CT molecular complexity index is 1560. The topological polar surface area (TPSA) is 65.7 Å². The predicted octanol–water partition coefficient (Wildman–Crippen LogP) is 9.13. The van der Waals surface area contributed by atoms with Crippen molar-refractivity contribution in [3.05, 3.63) is 82.6 Å². The Morgan fingerprint density at radius 1 is 0.978 bits per heavy atom. The van der Waals surface area contributed by atoms with Crippen molar-refractivity contribution >= 4 is 22.9 Å². The monoisotopic (exact) mass is 608 g/mol. The summed E-state index contributed by atoms with van der Waals surface area (Å²) in [5.41, 5.74) is 3.99. The highest BCUT2D eigenvalue weighted by atomic mass is 16.6. The van der Waals surface area contributed by atoms with E-state index in [1.165, 1.54) is 5.56 Å². The van der Waals surface area contributed by atoms with E-state index in [1.807, 2.05) is 36.4 Å². The van der Waals surface area contributed by atoms with Gasteiger partial charge in [0.2, 0.25) is 0 Å². The van der Waals surface area contributed by atoms with Crippen molar-refractivity contribution in [2.75, 3.05) is 6.61 Å². The fourth-order valence-corrected chi connectivity index (χ4v) is 6.99. The van der Waals surface area contributed by atoms with Crippen molar-refractivity contribution in [2.24, 2.45) is 23.2 Å². The van der Waals surface area contributed by atoms with Crippen LogP contribution in [0.25, 0.3) is 11.0 Å². The maximum absolute atomic E-state index is 13.6. The number of allylic oxidation sites excluding steroid dienone is 1. The molecule has 2 fully saturated rings. The fraction of sp³-hybridized carbons (Fsp3) is 0.500. The Balaban J connectivity index is 1.20. The van der Waals surface area contributed by atoms with Crippen LogP contribution in [-0.4, -0.2) is 24.6 Å². The molecule has 2 heterocycles. The molecule has 1 saturated carbocycles. The van der Waals surface area contributed by atoms with E-state index < -0.39 is 11.5 Å². The molecular weight excluding hydrogens is 560 g/mol. The summed E-state index contributed by atoms with van der Waals surface area (Å²) in [6, 6.07) is 16.2. The molecule has 1 aliphatic carbocycles. The van der Waals surface area contributed by atoms with Crippen LogP contribution in [0.1, 0.15) is 102 Å². The first-order valence-corrected chi connectivity index (χ1v) is 16.8. The number of hydrogen-bond acceptors (Lipinski definition) is 5. The van der Waals surface area contributed by atoms with Crippen LogP contribution >= 0.6 is 0 Å². The van der Waals surface area contributed by atoms with Gasteiger partial charge in [-0.15, -0.1) is 0 Å². The third kappa shape index (κ3) is 8.69. The molecule has 238 valence electrons. The van der Waals surface area contributed by atoms with Gasteiger partial charge in [0.25, 0.3) is 0 Å². The van der Waals surface area contributed by atoms with E-state index in [-0.39, 0.29) is 18.5 Å². The molecule has 0 spiro atoms. The summed E-state index contributed by atoms with van der Waals surface area (Å²) in [4.78, 5) is 26.2. The molecule has 0 radical (unpaired) electrons. The Morgan fingerprint density at radius 2 is 1.64 bits per heavy atom. The zero-order chi connectivity index (χ0) is 32.0. The molecule has 0 N–H and O–H groups in total. The van der Waals surface area contributed by atoms with Gasteiger partial charge in [0, 0.05) is 34.9 Å². The highest BCUT2D eigenvalue weighted by molar-refractivity contribution is 5.90. The SMILES string of the molecule is Cc1ccc(C#Cc2ccc3oc(CC4(C(=O)OCC5C/C(=C\CC(CC(C)C)CC(C)C)C(=O)O5)CCCC4)cc3c2)cc1. The number of ether oxygens (including phenoxy) is 2. The quantitative estimate of drug-likeness (QED) is 0.123. The van der Waals surface area contributed by atoms with E-state index in [0.29, 0.717) is 36.2 Å². The molecule has 0 bridgehead atoms. The van der Waals surface area contributed by atoms with Crippen LogP contribution in [0.4, 0.5) is 0 Å². The molecule has 2 aliphatic rings. The molecule has 1 aromatic heterocycles. The molecule has 0 amide bonds. The van der Waals surface area contributed by atoms with Gasteiger partial charge in [-0.2, -0.15) is 0 Å². The average Bonchev–Trinajstić information content (AvgIpc) is 3.72. The summed E-state index contributed by atoms with van der Waals surface area (Å²) in [7, 11) is 0. The lowest BCUT2D eigenvalue weighted by Crippen LogP contribution is -2.34. The molecule has 5 heteroatoms. The number of rotatable bonds is 11. The van der Waals surface area contributed by atoms with E-state index in [9.17, 15) is 9.59 Å². The molecular formula is C40H48O5. The smallest absolute Gasteiger partial charge is 0.334 e. The van der Waals surface area contributed by atoms with Gasteiger partial charge in [0.05, 0.1) is 5.41 Å². The summed E-state index contributed by atoms with van der Waals surface area (Å²) in [5.74, 6) is 8.58. The van der Waals surface area contributed by atoms with Crippen LogP contribution in [-0.2, 0) is 25.5 Å². The average molecular weight is 609 g/mol. The van der Waals surface area contributed by atoms with E-state index in [4.69, 9.17) is 13.9 Å². The first-order chi connectivity index (χ1) is 21.6. The standard InChI is InChI=1S/C40H48O5/c1-27(2)20-32(21-28(3)4)14-16-33-23-36(45-38(33)41)26-43-39(42)40(18-6-7-19-40)25-35-24-34-22-31(15-17-37(34)44-35)13-12-30-10-8-29(5)9-11-30/h8-11,15-17,22,24,27-28,32,36H,6-7,14,18-21,23,25-26H2,1-5H3/b33-16+. The highest BCUT2D eigenvalue weighted by Gasteiger charge is 2.44. The van der Waals surface area contributed by atoms with E-state index >= 15 is 0 Å². The molecule has 2 aromatic carbocycles. The summed E-state index contributed by atoms with van der Waals surface area (Å²) in [6.45, 7) is 11.2. The van der Waals surface area contributed by atoms with Gasteiger partial charge in [-0.1, -0.05) is 76.1 Å². The number of cyclic esters (lactones) is 1. The minimum Gasteiger partial charge on any atom is -0.461 e. The van der Waals surface area contributed by atoms with Crippen LogP contribution in [0.3, 0.4) is 0 Å². The van der Waals surface area contributed by atoms with Crippen LogP contribution in [0.2, 0.25) is 0 Å². The van der Waals surface area contributed by atoms with Crippen LogP contribution in [0.15, 0.2) is 64.6 Å². The summed E-state index contributed by atoms with van der Waals surface area (Å²) in [5, 5.41) is 0.975. The maximum atomic E-state index is 13.6. The van der Waals surface area contributed by atoms with E-state index in [2.05, 4.69) is 64.7 Å². The Morgan fingerprint density at radius 3 is 2.33 bits per heavy atom. The van der Waals surface area contributed by atoms with Crippen LogP contribution < -0.4 is 0 Å². The van der Waals surface area contributed by atoms with Crippen molar-refractivity contribution in [1.29, 1.82) is 0 Å². The van der Waals surface area contributed by atoms with Crippen molar-refractivity contribution in [3.8, 4) is 11.8 Å².